The van der Waals surface area contributed by atoms with Crippen LogP contribution in [0.5, 0.6) is 0 Å². The van der Waals surface area contributed by atoms with E-state index >= 15 is 0 Å². The highest BCUT2D eigenvalue weighted by atomic mass is 16.1. The molecule has 20 heavy (non-hydrogen) atoms. The Balaban J connectivity index is 2.22. The molecule has 1 atom stereocenters. The van der Waals surface area contributed by atoms with Crippen LogP contribution in [0.2, 0.25) is 0 Å². The molecule has 0 spiro atoms. The second kappa shape index (κ2) is 6.30. The number of rotatable bonds is 0. The van der Waals surface area contributed by atoms with E-state index < -0.39 is 0 Å². The molecule has 1 aliphatic heterocycles. The normalized spacial score (nSPS) is 22.4. The number of nitrogens with one attached hydrogen (secondary N) is 2. The van der Waals surface area contributed by atoms with Crippen LogP contribution in [0.3, 0.4) is 0 Å². The van der Waals surface area contributed by atoms with Gasteiger partial charge in [-0.1, -0.05) is 20.8 Å². The average molecular weight is 280 g/mol. The predicted octanol–water partition coefficient (Wildman–Crippen LogP) is 0.650. The number of carbonyl (C=O) groups excluding carboxylic acids is 1. The first-order valence-electron chi connectivity index (χ1n) is 7.24. The number of nitrogens with zero attached hydrogens (tertiary/aromatic N) is 4. The Morgan fingerprint density at radius 2 is 2.00 bits per heavy atom. The van der Waals surface area contributed by atoms with Crippen molar-refractivity contribution in [2.45, 2.75) is 52.6 Å². The third-order valence-electron chi connectivity index (χ3n) is 3.51. The van der Waals surface area contributed by atoms with Crippen LogP contribution in [0.4, 0.5) is 0 Å². The molecule has 1 amide bonds. The van der Waals surface area contributed by atoms with E-state index in [0.29, 0.717) is 13.0 Å². The Morgan fingerprint density at radius 1 is 1.25 bits per heavy atom. The van der Waals surface area contributed by atoms with Crippen molar-refractivity contribution in [2.75, 3.05) is 13.1 Å². The monoisotopic (exact) mass is 280 g/mol. The molecule has 0 fully saturated rings. The number of fused-ring (bicyclic) bond motifs is 1. The van der Waals surface area contributed by atoms with Crippen LogP contribution in [0.15, 0.2) is 0 Å². The largest absolute Gasteiger partial charge is 0.356 e. The molecular formula is C13H24N6O. The van der Waals surface area contributed by atoms with Crippen molar-refractivity contribution in [3.63, 3.8) is 0 Å². The second-order valence-electron chi connectivity index (χ2n) is 6.32. The molecule has 0 aromatic carbocycles. The van der Waals surface area contributed by atoms with E-state index in [9.17, 15) is 4.79 Å². The summed E-state index contributed by atoms with van der Waals surface area (Å²) < 4.78 is 1.74. The maximum absolute atomic E-state index is 11.7. The van der Waals surface area contributed by atoms with Gasteiger partial charge < -0.3 is 10.6 Å². The smallest absolute Gasteiger partial charge is 0.221 e. The molecule has 1 aromatic rings. The predicted molar refractivity (Wildman–Crippen MR) is 74.9 cm³/mol. The summed E-state index contributed by atoms with van der Waals surface area (Å²) in [5.74, 6) is 0.873. The zero-order valence-corrected chi connectivity index (χ0v) is 12.5. The number of hydrogen-bond donors (Lipinski definition) is 2. The molecular weight excluding hydrogens is 256 g/mol. The number of carbonyl (C=O) groups is 1. The molecule has 2 N–H and O–H groups in total. The van der Waals surface area contributed by atoms with E-state index in [1.165, 1.54) is 0 Å². The summed E-state index contributed by atoms with van der Waals surface area (Å²) in [7, 11) is 0. The molecule has 1 unspecified atom stereocenters. The summed E-state index contributed by atoms with van der Waals surface area (Å²) in [5.41, 5.74) is 0.0127. The highest BCUT2D eigenvalue weighted by molar-refractivity contribution is 5.75. The van der Waals surface area contributed by atoms with E-state index in [2.05, 4.69) is 46.9 Å². The highest BCUT2D eigenvalue weighted by Crippen LogP contribution is 2.31. The highest BCUT2D eigenvalue weighted by Gasteiger charge is 2.30. The van der Waals surface area contributed by atoms with E-state index in [4.69, 9.17) is 0 Å². The van der Waals surface area contributed by atoms with Gasteiger partial charge in [0.15, 0.2) is 5.82 Å². The van der Waals surface area contributed by atoms with Crippen LogP contribution in [-0.2, 0) is 11.3 Å². The lowest BCUT2D eigenvalue weighted by Gasteiger charge is -2.30. The Labute approximate surface area is 119 Å². The van der Waals surface area contributed by atoms with Gasteiger partial charge >= 0.3 is 0 Å². The van der Waals surface area contributed by atoms with Gasteiger partial charge in [-0.25, -0.2) is 4.68 Å². The molecule has 1 aromatic heterocycles. The number of amides is 1. The minimum Gasteiger partial charge on any atom is -0.356 e. The maximum atomic E-state index is 11.7. The molecule has 0 saturated heterocycles. The molecule has 0 saturated carbocycles. The topological polar surface area (TPSA) is 84.7 Å². The van der Waals surface area contributed by atoms with E-state index in [0.717, 1.165) is 31.8 Å². The fourth-order valence-electron chi connectivity index (χ4n) is 2.38. The van der Waals surface area contributed by atoms with Crippen molar-refractivity contribution < 1.29 is 4.79 Å². The van der Waals surface area contributed by atoms with Gasteiger partial charge in [0.1, 0.15) is 0 Å². The Kier molecular flexibility index (Phi) is 4.69. The Hall–Kier alpha value is -1.50. The minimum atomic E-state index is 0.0127. The van der Waals surface area contributed by atoms with Crippen molar-refractivity contribution >= 4 is 5.91 Å². The van der Waals surface area contributed by atoms with Crippen LogP contribution in [0, 0.1) is 5.41 Å². The van der Waals surface area contributed by atoms with E-state index in [1.54, 1.807) is 4.68 Å². The fourth-order valence-corrected chi connectivity index (χ4v) is 2.38. The summed E-state index contributed by atoms with van der Waals surface area (Å²) >= 11 is 0. The molecule has 7 heteroatoms. The number of aromatic nitrogens is 4. The summed E-state index contributed by atoms with van der Waals surface area (Å²) in [4.78, 5) is 11.7. The quantitative estimate of drug-likeness (QED) is 0.729. The average Bonchev–Trinajstić information content (AvgIpc) is 2.80. The van der Waals surface area contributed by atoms with Gasteiger partial charge in [-0.2, -0.15) is 0 Å². The van der Waals surface area contributed by atoms with Gasteiger partial charge in [0.05, 0.1) is 12.6 Å². The zero-order chi connectivity index (χ0) is 14.6. The van der Waals surface area contributed by atoms with Gasteiger partial charge in [0, 0.05) is 13.0 Å². The van der Waals surface area contributed by atoms with Crippen molar-refractivity contribution in [1.29, 1.82) is 0 Å². The van der Waals surface area contributed by atoms with Gasteiger partial charge in [0.25, 0.3) is 0 Å². The number of hydrogen-bond acceptors (Lipinski definition) is 5. The summed E-state index contributed by atoms with van der Waals surface area (Å²) in [5, 5.41) is 18.4. The van der Waals surface area contributed by atoms with Crippen LogP contribution >= 0.6 is 0 Å². The molecule has 2 rings (SSSR count). The molecule has 0 radical (unpaired) electrons. The molecule has 112 valence electrons. The van der Waals surface area contributed by atoms with Crippen LogP contribution in [0.1, 0.15) is 51.9 Å². The molecule has 0 bridgehead atoms. The van der Waals surface area contributed by atoms with Gasteiger partial charge in [-0.15, -0.1) is 5.10 Å². The lowest BCUT2D eigenvalue weighted by atomic mass is 9.86. The Bertz CT molecular complexity index is 450. The van der Waals surface area contributed by atoms with Crippen LogP contribution in [0.25, 0.3) is 0 Å². The van der Waals surface area contributed by atoms with Crippen molar-refractivity contribution in [3.8, 4) is 0 Å². The van der Waals surface area contributed by atoms with Gasteiger partial charge in [-0.3, -0.25) is 4.79 Å². The number of aryl methyl sites for hydroxylation is 1. The number of tetrazole rings is 1. The maximum Gasteiger partial charge on any atom is 0.221 e. The molecule has 7 nitrogen and oxygen atoms in total. The van der Waals surface area contributed by atoms with Gasteiger partial charge in [-0.05, 0) is 35.2 Å². The summed E-state index contributed by atoms with van der Waals surface area (Å²) in [6.07, 6.45) is 2.42. The molecule has 1 aliphatic rings. The zero-order valence-electron chi connectivity index (χ0n) is 12.5. The second-order valence-corrected chi connectivity index (χ2v) is 6.32. The van der Waals surface area contributed by atoms with Crippen molar-refractivity contribution in [2.24, 2.45) is 5.41 Å². The van der Waals surface area contributed by atoms with Crippen molar-refractivity contribution in [3.05, 3.63) is 5.82 Å². The fraction of sp³-hybridized carbons (Fsp3) is 0.846. The lowest BCUT2D eigenvalue weighted by Crippen LogP contribution is -2.36. The van der Waals surface area contributed by atoms with E-state index in [-0.39, 0.29) is 17.4 Å². The standard InChI is InChI=1S/C13H24N6O/c1-13(2,3)11-12-16-17-18-19(12)9-6-10(20)14-7-4-5-8-15-11/h11,15H,4-9H2,1-3H3,(H,14,20). The van der Waals surface area contributed by atoms with Crippen LogP contribution < -0.4 is 10.6 Å². The minimum absolute atomic E-state index is 0.0127. The first-order valence-corrected chi connectivity index (χ1v) is 7.24. The Morgan fingerprint density at radius 3 is 2.75 bits per heavy atom. The molecule has 0 aliphatic carbocycles. The SMILES string of the molecule is CC(C)(C)C1NCCCCNC(=O)CCn2nnnc21. The third kappa shape index (κ3) is 3.75. The third-order valence-corrected chi connectivity index (χ3v) is 3.51. The first kappa shape index (κ1) is 14.9. The molecule has 2 heterocycles. The van der Waals surface area contributed by atoms with Crippen LogP contribution in [-0.4, -0.2) is 39.2 Å². The first-order chi connectivity index (χ1) is 9.48. The summed E-state index contributed by atoms with van der Waals surface area (Å²) in [6.45, 7) is 8.66. The summed E-state index contributed by atoms with van der Waals surface area (Å²) in [6, 6.07) is 0.0833. The van der Waals surface area contributed by atoms with E-state index in [1.807, 2.05) is 0 Å². The van der Waals surface area contributed by atoms with Gasteiger partial charge in [0.2, 0.25) is 5.91 Å². The lowest BCUT2D eigenvalue weighted by molar-refractivity contribution is -0.121. The van der Waals surface area contributed by atoms with Crippen molar-refractivity contribution in [1.82, 2.24) is 30.8 Å².